The zero-order valence-electron chi connectivity index (χ0n) is 13.0. The van der Waals surface area contributed by atoms with Crippen LogP contribution in [0.15, 0.2) is 29.1 Å². The number of hydrogen-bond donors (Lipinski definition) is 2. The second-order valence-electron chi connectivity index (χ2n) is 6.16. The van der Waals surface area contributed by atoms with Crippen molar-refractivity contribution in [1.82, 2.24) is 9.88 Å². The van der Waals surface area contributed by atoms with Gasteiger partial charge in [0, 0.05) is 30.6 Å². The average molecular weight is 317 g/mol. The van der Waals surface area contributed by atoms with E-state index in [4.69, 9.17) is 5.73 Å². The molecule has 0 radical (unpaired) electrons. The summed E-state index contributed by atoms with van der Waals surface area (Å²) in [5.41, 5.74) is 6.07. The molecule has 5 nitrogen and oxygen atoms in total. The Kier molecular flexibility index (Phi) is 4.17. The third kappa shape index (κ3) is 2.86. The van der Waals surface area contributed by atoms with Crippen LogP contribution in [0.5, 0.6) is 0 Å². The van der Waals surface area contributed by atoms with Gasteiger partial charge in [-0.3, -0.25) is 9.59 Å². The lowest BCUT2D eigenvalue weighted by atomic mass is 9.90. The number of pyridine rings is 1. The van der Waals surface area contributed by atoms with Crippen LogP contribution in [0, 0.1) is 11.7 Å². The minimum Gasteiger partial charge on any atom is -0.334 e. The lowest BCUT2D eigenvalue weighted by Crippen LogP contribution is -2.51. The Morgan fingerprint density at radius 3 is 2.96 bits per heavy atom. The average Bonchev–Trinajstić information content (AvgIpc) is 2.52. The molecule has 1 fully saturated rings. The van der Waals surface area contributed by atoms with Crippen LogP contribution >= 0.6 is 0 Å². The number of H-pyrrole nitrogens is 1. The topological polar surface area (TPSA) is 79.2 Å². The number of rotatable bonds is 2. The number of nitrogens with one attached hydrogen (secondary N) is 1. The smallest absolute Gasteiger partial charge is 0.255 e. The summed E-state index contributed by atoms with van der Waals surface area (Å²) in [6.07, 6.45) is 1.95. The molecule has 2 unspecified atom stereocenters. The van der Waals surface area contributed by atoms with Crippen LogP contribution in [0.2, 0.25) is 0 Å². The van der Waals surface area contributed by atoms with E-state index < -0.39 is 11.4 Å². The molecule has 0 aliphatic carbocycles. The van der Waals surface area contributed by atoms with Crippen molar-refractivity contribution in [2.75, 3.05) is 13.1 Å². The van der Waals surface area contributed by atoms with Gasteiger partial charge in [0.25, 0.3) is 5.91 Å². The van der Waals surface area contributed by atoms with Crippen LogP contribution in [0.25, 0.3) is 10.9 Å². The first kappa shape index (κ1) is 15.7. The predicted molar refractivity (Wildman–Crippen MR) is 86.8 cm³/mol. The number of aromatic nitrogens is 1. The van der Waals surface area contributed by atoms with Crippen molar-refractivity contribution >= 4 is 16.8 Å². The van der Waals surface area contributed by atoms with Crippen molar-refractivity contribution in [3.8, 4) is 0 Å². The number of nitrogens with zero attached hydrogens (tertiary/aromatic N) is 1. The van der Waals surface area contributed by atoms with Crippen molar-refractivity contribution in [2.24, 2.45) is 11.7 Å². The molecule has 1 aliphatic rings. The van der Waals surface area contributed by atoms with E-state index in [-0.39, 0.29) is 11.9 Å². The van der Waals surface area contributed by atoms with Gasteiger partial charge < -0.3 is 15.6 Å². The Bertz CT molecular complexity index is 802. The summed E-state index contributed by atoms with van der Waals surface area (Å²) in [6.45, 7) is 3.10. The molecule has 3 N–H and O–H groups in total. The predicted octanol–water partition coefficient (Wildman–Crippen LogP) is 1.87. The van der Waals surface area contributed by atoms with E-state index >= 15 is 0 Å². The molecule has 0 saturated carbocycles. The maximum atomic E-state index is 13.4. The second-order valence-corrected chi connectivity index (χ2v) is 6.16. The van der Waals surface area contributed by atoms with Crippen LogP contribution < -0.4 is 11.3 Å². The van der Waals surface area contributed by atoms with E-state index in [0.29, 0.717) is 35.5 Å². The molecule has 1 aliphatic heterocycles. The number of benzene rings is 1. The van der Waals surface area contributed by atoms with Crippen LogP contribution in [-0.2, 0) is 0 Å². The minimum atomic E-state index is -0.454. The zero-order chi connectivity index (χ0) is 16.6. The van der Waals surface area contributed by atoms with Crippen molar-refractivity contribution in [2.45, 2.75) is 25.8 Å². The normalized spacial score (nSPS) is 21.6. The molecule has 1 amide bonds. The molecule has 6 heteroatoms. The third-order valence-corrected chi connectivity index (χ3v) is 4.65. The molecular formula is C17H20FN3O2. The molecule has 1 saturated heterocycles. The van der Waals surface area contributed by atoms with Crippen molar-refractivity contribution in [1.29, 1.82) is 0 Å². The first-order chi connectivity index (χ1) is 11.0. The Balaban J connectivity index is 2.08. The molecule has 0 spiro atoms. The third-order valence-electron chi connectivity index (χ3n) is 4.65. The Morgan fingerprint density at radius 1 is 1.43 bits per heavy atom. The molecule has 23 heavy (non-hydrogen) atoms. The van der Waals surface area contributed by atoms with Crippen LogP contribution in [0.4, 0.5) is 4.39 Å². The van der Waals surface area contributed by atoms with Crippen LogP contribution in [-0.4, -0.2) is 34.9 Å². The molecule has 1 aromatic carbocycles. The number of carbonyl (C=O) groups is 1. The summed E-state index contributed by atoms with van der Waals surface area (Å²) >= 11 is 0. The van der Waals surface area contributed by atoms with Gasteiger partial charge in [-0.2, -0.15) is 0 Å². The lowest BCUT2D eigenvalue weighted by molar-refractivity contribution is 0.0534. The van der Waals surface area contributed by atoms with Gasteiger partial charge in [0.15, 0.2) is 0 Å². The zero-order valence-corrected chi connectivity index (χ0v) is 13.0. The number of halogens is 1. The highest BCUT2D eigenvalue weighted by Crippen LogP contribution is 2.26. The van der Waals surface area contributed by atoms with Gasteiger partial charge in [0.1, 0.15) is 5.82 Å². The Labute approximate surface area is 133 Å². The summed E-state index contributed by atoms with van der Waals surface area (Å²) in [5.74, 6) is -0.345. The van der Waals surface area contributed by atoms with Gasteiger partial charge in [-0.25, -0.2) is 4.39 Å². The summed E-state index contributed by atoms with van der Waals surface area (Å²) < 4.78 is 13.4. The van der Waals surface area contributed by atoms with Crippen LogP contribution in [0.1, 0.15) is 30.1 Å². The number of hydrogen-bond acceptors (Lipinski definition) is 3. The number of aromatic amines is 1. The van der Waals surface area contributed by atoms with Gasteiger partial charge in [-0.1, -0.05) is 6.92 Å². The highest BCUT2D eigenvalue weighted by atomic mass is 19.1. The molecule has 122 valence electrons. The maximum absolute atomic E-state index is 13.4. The minimum absolute atomic E-state index is 0.0361. The van der Waals surface area contributed by atoms with Crippen molar-refractivity contribution in [3.63, 3.8) is 0 Å². The molecule has 2 aromatic rings. The number of fused-ring (bicyclic) bond motifs is 1. The molecule has 2 heterocycles. The highest BCUT2D eigenvalue weighted by molar-refractivity contribution is 6.06. The van der Waals surface area contributed by atoms with E-state index in [1.807, 2.05) is 0 Å². The lowest BCUT2D eigenvalue weighted by Gasteiger charge is -2.39. The molecular weight excluding hydrogens is 297 g/mol. The fourth-order valence-electron chi connectivity index (χ4n) is 3.42. The standard InChI is InChI=1S/C17H20FN3O2/c1-10-3-2-6-21(15(10)9-19)17(23)13-8-16(22)20-14-7-11(18)4-5-12(13)14/h4-5,7-8,10,15H,2-3,6,9,19H2,1H3,(H,20,22). The van der Waals surface area contributed by atoms with Gasteiger partial charge in [0.2, 0.25) is 5.56 Å². The Hall–Kier alpha value is -2.21. The SMILES string of the molecule is CC1CCCN(C(=O)c2cc(=O)[nH]c3cc(F)ccc23)C1CN. The number of amides is 1. The van der Waals surface area contributed by atoms with Gasteiger partial charge in [0.05, 0.1) is 11.1 Å². The van der Waals surface area contributed by atoms with Crippen molar-refractivity contribution in [3.05, 3.63) is 46.0 Å². The van der Waals surface area contributed by atoms with E-state index in [0.717, 1.165) is 12.8 Å². The summed E-state index contributed by atoms with van der Waals surface area (Å²) in [5, 5.41) is 0.546. The van der Waals surface area contributed by atoms with Gasteiger partial charge >= 0.3 is 0 Å². The molecule has 0 bridgehead atoms. The fraction of sp³-hybridized carbons (Fsp3) is 0.412. The first-order valence-corrected chi connectivity index (χ1v) is 7.85. The highest BCUT2D eigenvalue weighted by Gasteiger charge is 2.32. The molecule has 1 aromatic heterocycles. The summed E-state index contributed by atoms with van der Waals surface area (Å²) in [7, 11) is 0. The van der Waals surface area contributed by atoms with Crippen molar-refractivity contribution < 1.29 is 9.18 Å². The van der Waals surface area contributed by atoms with E-state index in [2.05, 4.69) is 11.9 Å². The Morgan fingerprint density at radius 2 is 2.22 bits per heavy atom. The molecule has 3 rings (SSSR count). The quantitative estimate of drug-likeness (QED) is 0.887. The largest absolute Gasteiger partial charge is 0.334 e. The van der Waals surface area contributed by atoms with Gasteiger partial charge in [-0.15, -0.1) is 0 Å². The van der Waals surface area contributed by atoms with Crippen LogP contribution in [0.3, 0.4) is 0 Å². The maximum Gasteiger partial charge on any atom is 0.255 e. The fourth-order valence-corrected chi connectivity index (χ4v) is 3.42. The summed E-state index contributed by atoms with van der Waals surface area (Å²) in [4.78, 5) is 29.2. The van der Waals surface area contributed by atoms with Gasteiger partial charge in [-0.05, 0) is 37.0 Å². The second kappa shape index (κ2) is 6.12. The summed E-state index contributed by atoms with van der Waals surface area (Å²) in [6, 6.07) is 5.29. The first-order valence-electron chi connectivity index (χ1n) is 7.85. The monoisotopic (exact) mass is 317 g/mol. The van der Waals surface area contributed by atoms with E-state index in [1.54, 1.807) is 4.90 Å². The van der Waals surface area contributed by atoms with E-state index in [9.17, 15) is 14.0 Å². The molecule has 2 atom stereocenters. The number of nitrogens with two attached hydrogens (primary N) is 1. The number of carbonyl (C=O) groups excluding carboxylic acids is 1. The number of piperidine rings is 1. The number of likely N-dealkylation sites (tertiary alicyclic amines) is 1. The van der Waals surface area contributed by atoms with E-state index in [1.165, 1.54) is 24.3 Å².